The van der Waals surface area contributed by atoms with Crippen LogP contribution in [-0.2, 0) is 10.8 Å². The molecular weight excluding hydrogens is 855 g/mol. The molecule has 0 N–H and O–H groups in total. The third-order valence-corrected chi connectivity index (χ3v) is 16.5. The van der Waals surface area contributed by atoms with Crippen LogP contribution in [0.15, 0.2) is 259 Å². The molecule has 2 aliphatic carbocycles. The standard InChI is InChI=1S/C66H41NOS/c1-2-17-42(18-3-1)43-33-35-46(36-34-43)67(59-29-16-28-56-64(59)50-22-7-9-24-52(50)65(56)53-25-10-13-30-60(53)68-61-31-14-11-26-54(61)65)47-37-38-49-48-21-6-8-23-51(48)66(57(49)41-47)55-27-12-15-32-62(55)69-63-40-45-20-5-4-19-44(45)39-58(63)66/h1-41H. The van der Waals surface area contributed by atoms with E-state index in [0.29, 0.717) is 0 Å². The molecule has 2 nitrogen and oxygen atoms in total. The summed E-state index contributed by atoms with van der Waals surface area (Å²) in [5.41, 5.74) is 19.6. The summed E-state index contributed by atoms with van der Waals surface area (Å²) in [5, 5.41) is 2.51. The number of rotatable bonds is 4. The van der Waals surface area contributed by atoms with Crippen LogP contribution in [0, 0.1) is 0 Å². The summed E-state index contributed by atoms with van der Waals surface area (Å²) in [7, 11) is 0. The van der Waals surface area contributed by atoms with Gasteiger partial charge in [0.15, 0.2) is 0 Å². The van der Waals surface area contributed by atoms with Crippen molar-refractivity contribution in [1.82, 2.24) is 0 Å². The van der Waals surface area contributed by atoms with Crippen molar-refractivity contribution in [2.24, 2.45) is 0 Å². The Bertz CT molecular complexity index is 3880. The van der Waals surface area contributed by atoms with Crippen LogP contribution in [0.3, 0.4) is 0 Å². The van der Waals surface area contributed by atoms with E-state index in [0.717, 1.165) is 39.7 Å². The van der Waals surface area contributed by atoms with Crippen molar-refractivity contribution < 1.29 is 4.74 Å². The first-order chi connectivity index (χ1) is 34.2. The zero-order valence-corrected chi connectivity index (χ0v) is 38.3. The van der Waals surface area contributed by atoms with Gasteiger partial charge in [0.05, 0.1) is 16.5 Å². The largest absolute Gasteiger partial charge is 0.457 e. The number of hydrogen-bond acceptors (Lipinski definition) is 3. The van der Waals surface area contributed by atoms with E-state index in [1.54, 1.807) is 0 Å². The third-order valence-electron chi connectivity index (χ3n) is 15.4. The molecule has 2 heterocycles. The average Bonchev–Trinajstić information content (AvgIpc) is 3.87. The SMILES string of the molecule is c1ccc(-c2ccc(N(c3ccc4c(c3)C3(c5ccccc5Sc5cc6ccccc6cc53)c3ccccc3-4)c3cccc4c3-c3ccccc3C43c4ccccc4Oc4ccccc43)cc2)cc1. The number of anilines is 3. The summed E-state index contributed by atoms with van der Waals surface area (Å²) in [4.78, 5) is 5.12. The summed E-state index contributed by atoms with van der Waals surface area (Å²) in [5.74, 6) is 1.78. The van der Waals surface area contributed by atoms with Gasteiger partial charge < -0.3 is 9.64 Å². The van der Waals surface area contributed by atoms with E-state index in [2.05, 4.69) is 254 Å². The number of fused-ring (bicyclic) bond motifs is 19. The smallest absolute Gasteiger partial charge is 0.132 e. The summed E-state index contributed by atoms with van der Waals surface area (Å²) in [6.07, 6.45) is 0. The second-order valence-electron chi connectivity index (χ2n) is 18.7. The fraction of sp³-hybridized carbons (Fsp3) is 0.0303. The van der Waals surface area contributed by atoms with Gasteiger partial charge in [-0.05, 0) is 133 Å². The van der Waals surface area contributed by atoms with Crippen LogP contribution >= 0.6 is 11.8 Å². The van der Waals surface area contributed by atoms with Gasteiger partial charge >= 0.3 is 0 Å². The molecule has 1 atom stereocenters. The molecule has 2 aliphatic heterocycles. The van der Waals surface area contributed by atoms with Crippen LogP contribution in [-0.4, -0.2) is 0 Å². The molecule has 0 radical (unpaired) electrons. The Morgan fingerprint density at radius 2 is 0.855 bits per heavy atom. The van der Waals surface area contributed by atoms with E-state index in [1.165, 1.54) is 87.3 Å². The Labute approximate surface area is 405 Å². The van der Waals surface area contributed by atoms with Crippen LogP contribution in [0.4, 0.5) is 17.1 Å². The maximum Gasteiger partial charge on any atom is 0.132 e. The van der Waals surface area contributed by atoms with Gasteiger partial charge in [-0.3, -0.25) is 0 Å². The Balaban J connectivity index is 1.03. The van der Waals surface area contributed by atoms with Crippen molar-refractivity contribution in [3.05, 3.63) is 293 Å². The first-order valence-electron chi connectivity index (χ1n) is 23.8. The number of benzene rings is 11. The van der Waals surface area contributed by atoms with Crippen molar-refractivity contribution in [2.75, 3.05) is 4.90 Å². The lowest BCUT2D eigenvalue weighted by molar-refractivity contribution is 0.436. The Hall–Kier alpha value is -8.37. The molecule has 0 fully saturated rings. The lowest BCUT2D eigenvalue weighted by atomic mass is 9.66. The molecule has 0 saturated heterocycles. The number of nitrogens with zero attached hydrogens (tertiary/aromatic N) is 1. The van der Waals surface area contributed by atoms with E-state index in [9.17, 15) is 0 Å². The summed E-state index contributed by atoms with van der Waals surface area (Å²) < 4.78 is 6.74. The molecule has 69 heavy (non-hydrogen) atoms. The summed E-state index contributed by atoms with van der Waals surface area (Å²) >= 11 is 1.90. The molecule has 0 aromatic heterocycles. The Morgan fingerprint density at radius 1 is 0.319 bits per heavy atom. The molecule has 11 aromatic carbocycles. The number of ether oxygens (including phenoxy) is 1. The molecular formula is C66H41NOS. The second-order valence-corrected chi connectivity index (χ2v) is 19.7. The molecule has 1 unspecified atom stereocenters. The minimum atomic E-state index is -0.601. The Morgan fingerprint density at radius 3 is 1.61 bits per heavy atom. The molecule has 0 amide bonds. The van der Waals surface area contributed by atoms with Crippen LogP contribution < -0.4 is 9.64 Å². The zero-order chi connectivity index (χ0) is 45.3. The lowest BCUT2D eigenvalue weighted by Crippen LogP contribution is -2.32. The van der Waals surface area contributed by atoms with Gasteiger partial charge in [-0.25, -0.2) is 0 Å². The van der Waals surface area contributed by atoms with E-state index in [4.69, 9.17) is 4.74 Å². The molecule has 4 aliphatic rings. The summed E-state index contributed by atoms with van der Waals surface area (Å²) in [6, 6.07) is 92.5. The molecule has 11 aromatic rings. The quantitative estimate of drug-likeness (QED) is 0.175. The topological polar surface area (TPSA) is 12.5 Å². The fourth-order valence-corrected chi connectivity index (χ4v) is 13.9. The molecule has 0 bridgehead atoms. The van der Waals surface area contributed by atoms with Crippen molar-refractivity contribution in [3.63, 3.8) is 0 Å². The highest BCUT2D eigenvalue weighted by Crippen LogP contribution is 2.66. The van der Waals surface area contributed by atoms with Gasteiger partial charge in [0.1, 0.15) is 11.5 Å². The van der Waals surface area contributed by atoms with Gasteiger partial charge in [0.25, 0.3) is 0 Å². The monoisotopic (exact) mass is 895 g/mol. The predicted octanol–water partition coefficient (Wildman–Crippen LogP) is 17.3. The van der Waals surface area contributed by atoms with Gasteiger partial charge in [-0.1, -0.05) is 200 Å². The van der Waals surface area contributed by atoms with Crippen LogP contribution in [0.25, 0.3) is 44.2 Å². The van der Waals surface area contributed by atoms with Gasteiger partial charge in [0, 0.05) is 37.9 Å². The molecule has 15 rings (SSSR count). The maximum absolute atomic E-state index is 6.74. The normalized spacial score (nSPS) is 15.8. The minimum absolute atomic E-state index is 0.559. The summed E-state index contributed by atoms with van der Waals surface area (Å²) in [6.45, 7) is 0. The first kappa shape index (κ1) is 38.7. The van der Waals surface area contributed by atoms with Crippen molar-refractivity contribution in [1.29, 1.82) is 0 Å². The van der Waals surface area contributed by atoms with Gasteiger partial charge in [-0.15, -0.1) is 0 Å². The highest BCUT2D eigenvalue weighted by molar-refractivity contribution is 7.99. The lowest BCUT2D eigenvalue weighted by Gasteiger charge is -2.40. The number of para-hydroxylation sites is 2. The predicted molar refractivity (Wildman–Crippen MR) is 283 cm³/mol. The van der Waals surface area contributed by atoms with Crippen LogP contribution in [0.1, 0.15) is 44.5 Å². The zero-order valence-electron chi connectivity index (χ0n) is 37.4. The van der Waals surface area contributed by atoms with Crippen LogP contribution in [0.2, 0.25) is 0 Å². The average molecular weight is 896 g/mol. The van der Waals surface area contributed by atoms with Crippen molar-refractivity contribution in [2.45, 2.75) is 20.6 Å². The Kier molecular flexibility index (Phi) is 8.17. The molecule has 322 valence electrons. The van der Waals surface area contributed by atoms with E-state index < -0.39 is 10.8 Å². The van der Waals surface area contributed by atoms with Crippen molar-refractivity contribution >= 4 is 39.6 Å². The highest BCUT2D eigenvalue weighted by Gasteiger charge is 2.53. The minimum Gasteiger partial charge on any atom is -0.457 e. The molecule has 2 spiro atoms. The highest BCUT2D eigenvalue weighted by atomic mass is 32.2. The molecule has 3 heteroatoms. The van der Waals surface area contributed by atoms with E-state index >= 15 is 0 Å². The molecule has 0 saturated carbocycles. The van der Waals surface area contributed by atoms with E-state index in [1.807, 2.05) is 11.8 Å². The third kappa shape index (κ3) is 5.23. The van der Waals surface area contributed by atoms with Crippen molar-refractivity contribution in [3.8, 4) is 44.9 Å². The van der Waals surface area contributed by atoms with Crippen LogP contribution in [0.5, 0.6) is 11.5 Å². The maximum atomic E-state index is 6.74. The van der Waals surface area contributed by atoms with Gasteiger partial charge in [-0.2, -0.15) is 0 Å². The second kappa shape index (κ2) is 14.6. The first-order valence-corrected chi connectivity index (χ1v) is 24.6. The fourth-order valence-electron chi connectivity index (χ4n) is 12.6. The van der Waals surface area contributed by atoms with E-state index in [-0.39, 0.29) is 0 Å². The van der Waals surface area contributed by atoms with Gasteiger partial charge in [0.2, 0.25) is 0 Å². The number of hydrogen-bond donors (Lipinski definition) is 0.